The molecule has 4 nitrogen and oxygen atoms in total. The average molecular weight is 420 g/mol. The third-order valence-corrected chi connectivity index (χ3v) is 7.33. The standard InChI is InChI=1S/C25H26ClN3O/c1-25-13-5-4-7-21(25)23(25)24(30)28-27-14-18-16-29(22-8-3-2-6-20(18)22)15-17-9-11-19(26)12-10-17/h2-3,6,8-12,14,16,21,23H,4-5,7,13,15H2,1H3,(H,28,30)/b27-14-/t21-,23+,25+/m1/s1. The molecule has 0 aliphatic heterocycles. The molecule has 3 atom stereocenters. The molecule has 2 aliphatic carbocycles. The second-order valence-corrected chi connectivity index (χ2v) is 9.36. The number of carbonyl (C=O) groups is 1. The summed E-state index contributed by atoms with van der Waals surface area (Å²) < 4.78 is 2.21. The van der Waals surface area contributed by atoms with E-state index in [4.69, 9.17) is 11.6 Å². The molecule has 2 aliphatic rings. The molecule has 5 rings (SSSR count). The molecule has 1 heterocycles. The van der Waals surface area contributed by atoms with E-state index >= 15 is 0 Å². The van der Waals surface area contributed by atoms with Crippen molar-refractivity contribution in [2.75, 3.05) is 0 Å². The van der Waals surface area contributed by atoms with Crippen molar-refractivity contribution in [2.24, 2.45) is 22.4 Å². The Labute approximate surface area is 181 Å². The van der Waals surface area contributed by atoms with E-state index in [1.54, 1.807) is 6.21 Å². The van der Waals surface area contributed by atoms with Crippen molar-refractivity contribution in [3.63, 3.8) is 0 Å². The van der Waals surface area contributed by atoms with Crippen molar-refractivity contribution in [1.29, 1.82) is 0 Å². The first-order chi connectivity index (χ1) is 14.6. The Morgan fingerprint density at radius 3 is 2.80 bits per heavy atom. The molecule has 0 unspecified atom stereocenters. The molecule has 0 spiro atoms. The zero-order chi connectivity index (χ0) is 20.7. The Kier molecular flexibility index (Phi) is 4.90. The first kappa shape index (κ1) is 19.4. The molecule has 154 valence electrons. The third-order valence-electron chi connectivity index (χ3n) is 7.08. The van der Waals surface area contributed by atoms with Gasteiger partial charge in [-0.05, 0) is 47.9 Å². The third kappa shape index (κ3) is 3.43. The molecular weight excluding hydrogens is 394 g/mol. The summed E-state index contributed by atoms with van der Waals surface area (Å²) in [5, 5.41) is 6.18. The van der Waals surface area contributed by atoms with Crippen LogP contribution in [0.1, 0.15) is 43.7 Å². The normalized spacial score (nSPS) is 25.4. The number of aromatic nitrogens is 1. The summed E-state index contributed by atoms with van der Waals surface area (Å²) in [5.41, 5.74) is 6.33. The van der Waals surface area contributed by atoms with E-state index in [1.165, 1.54) is 24.8 Å². The van der Waals surface area contributed by atoms with Gasteiger partial charge >= 0.3 is 0 Å². The number of halogens is 1. The maximum atomic E-state index is 12.7. The molecule has 30 heavy (non-hydrogen) atoms. The molecule has 5 heteroatoms. The zero-order valence-electron chi connectivity index (χ0n) is 17.1. The summed E-state index contributed by atoms with van der Waals surface area (Å²) in [6.45, 7) is 3.01. The van der Waals surface area contributed by atoms with Gasteiger partial charge in [-0.3, -0.25) is 4.79 Å². The smallest absolute Gasteiger partial charge is 0.244 e. The van der Waals surface area contributed by atoms with Crippen molar-refractivity contribution in [3.05, 3.63) is 70.9 Å². The van der Waals surface area contributed by atoms with Crippen LogP contribution in [0.4, 0.5) is 0 Å². The second kappa shape index (κ2) is 7.59. The van der Waals surface area contributed by atoms with Crippen LogP contribution in [0.15, 0.2) is 59.8 Å². The number of hydrogen-bond donors (Lipinski definition) is 1. The Bertz CT molecular complexity index is 1120. The fraction of sp³-hybridized carbons (Fsp3) is 0.360. The predicted octanol–water partition coefficient (Wildman–Crippen LogP) is 5.62. The van der Waals surface area contributed by atoms with Gasteiger partial charge in [0.1, 0.15) is 0 Å². The van der Waals surface area contributed by atoms with E-state index in [2.05, 4.69) is 40.3 Å². The van der Waals surface area contributed by atoms with E-state index < -0.39 is 0 Å². The van der Waals surface area contributed by atoms with Crippen LogP contribution in [-0.2, 0) is 11.3 Å². The molecule has 0 radical (unpaired) electrons. The Balaban J connectivity index is 1.33. The topological polar surface area (TPSA) is 46.4 Å². The molecular formula is C25H26ClN3O. The van der Waals surface area contributed by atoms with Gasteiger partial charge in [-0.25, -0.2) is 5.43 Å². The molecule has 2 aromatic carbocycles. The van der Waals surface area contributed by atoms with E-state index in [0.717, 1.165) is 34.5 Å². The lowest BCUT2D eigenvalue weighted by Crippen LogP contribution is -2.22. The molecule has 2 fully saturated rings. The first-order valence-electron chi connectivity index (χ1n) is 10.7. The van der Waals surface area contributed by atoms with Crippen LogP contribution in [0.3, 0.4) is 0 Å². The van der Waals surface area contributed by atoms with Crippen LogP contribution in [0, 0.1) is 17.3 Å². The highest BCUT2D eigenvalue weighted by atomic mass is 35.5. The number of fused-ring (bicyclic) bond motifs is 2. The minimum absolute atomic E-state index is 0.0746. The summed E-state index contributed by atoms with van der Waals surface area (Å²) >= 11 is 6.01. The van der Waals surface area contributed by atoms with Crippen molar-refractivity contribution < 1.29 is 4.79 Å². The number of rotatable bonds is 5. The lowest BCUT2D eigenvalue weighted by Gasteiger charge is -2.15. The number of nitrogens with one attached hydrogen (secondary N) is 1. The van der Waals surface area contributed by atoms with Gasteiger partial charge in [-0.1, -0.05) is 61.7 Å². The average Bonchev–Trinajstić information content (AvgIpc) is 3.25. The number of carbonyl (C=O) groups excluding carboxylic acids is 1. The number of para-hydroxylation sites is 1. The molecule has 0 saturated heterocycles. The van der Waals surface area contributed by atoms with Crippen LogP contribution in [0.5, 0.6) is 0 Å². The number of amides is 1. The van der Waals surface area contributed by atoms with Crippen LogP contribution in [-0.4, -0.2) is 16.7 Å². The van der Waals surface area contributed by atoms with E-state index in [-0.39, 0.29) is 17.2 Å². The Morgan fingerprint density at radius 2 is 2.03 bits per heavy atom. The highest BCUT2D eigenvalue weighted by Crippen LogP contribution is 2.66. The quantitative estimate of drug-likeness (QED) is 0.423. The van der Waals surface area contributed by atoms with Gasteiger partial charge in [0.2, 0.25) is 5.91 Å². The molecule has 1 N–H and O–H groups in total. The summed E-state index contributed by atoms with van der Waals surface area (Å²) in [4.78, 5) is 12.7. The number of hydrogen-bond acceptors (Lipinski definition) is 2. The van der Waals surface area contributed by atoms with Crippen LogP contribution in [0.2, 0.25) is 5.02 Å². The first-order valence-corrected chi connectivity index (χ1v) is 11.1. The van der Waals surface area contributed by atoms with E-state index in [1.807, 2.05) is 36.4 Å². The number of nitrogens with zero attached hydrogens (tertiary/aromatic N) is 2. The summed E-state index contributed by atoms with van der Waals surface area (Å²) in [5.74, 6) is 0.747. The summed E-state index contributed by atoms with van der Waals surface area (Å²) in [6, 6.07) is 16.2. The molecule has 1 amide bonds. The predicted molar refractivity (Wildman–Crippen MR) is 122 cm³/mol. The molecule has 2 saturated carbocycles. The molecule has 3 aromatic rings. The maximum absolute atomic E-state index is 12.7. The maximum Gasteiger partial charge on any atom is 0.244 e. The highest BCUT2D eigenvalue weighted by molar-refractivity contribution is 6.30. The number of benzene rings is 2. The summed E-state index contributed by atoms with van der Waals surface area (Å²) in [6.07, 6.45) is 8.70. The SMILES string of the molecule is C[C@]12CCCC[C@@H]1[C@H]2C(=O)N/N=C\c1cn(Cc2ccc(Cl)cc2)c2ccccc12. The molecule has 0 bridgehead atoms. The number of hydrazone groups is 1. The fourth-order valence-electron chi connectivity index (χ4n) is 5.38. The van der Waals surface area contributed by atoms with Crippen LogP contribution >= 0.6 is 11.6 Å². The minimum Gasteiger partial charge on any atom is -0.342 e. The highest BCUT2D eigenvalue weighted by Gasteiger charge is 2.64. The van der Waals surface area contributed by atoms with Crippen molar-refractivity contribution in [3.8, 4) is 0 Å². The lowest BCUT2D eigenvalue weighted by molar-refractivity contribution is -0.123. The van der Waals surface area contributed by atoms with Crippen LogP contribution in [0.25, 0.3) is 10.9 Å². The van der Waals surface area contributed by atoms with Crippen molar-refractivity contribution in [2.45, 2.75) is 39.2 Å². The van der Waals surface area contributed by atoms with Crippen molar-refractivity contribution >= 4 is 34.6 Å². The van der Waals surface area contributed by atoms with Gasteiger partial charge in [-0.15, -0.1) is 0 Å². The van der Waals surface area contributed by atoms with Crippen molar-refractivity contribution in [1.82, 2.24) is 9.99 Å². The van der Waals surface area contributed by atoms with Gasteiger partial charge in [0.05, 0.1) is 6.21 Å². The van der Waals surface area contributed by atoms with E-state index in [0.29, 0.717) is 5.92 Å². The van der Waals surface area contributed by atoms with E-state index in [9.17, 15) is 4.79 Å². The monoisotopic (exact) mass is 419 g/mol. The van der Waals surface area contributed by atoms with Gasteiger partial charge in [0.15, 0.2) is 0 Å². The second-order valence-electron chi connectivity index (χ2n) is 8.93. The van der Waals surface area contributed by atoms with Gasteiger partial charge in [-0.2, -0.15) is 5.10 Å². The molecule has 1 aromatic heterocycles. The summed E-state index contributed by atoms with van der Waals surface area (Å²) in [7, 11) is 0. The minimum atomic E-state index is 0.0746. The lowest BCUT2D eigenvalue weighted by atomic mass is 9.90. The Morgan fingerprint density at radius 1 is 1.23 bits per heavy atom. The fourth-order valence-corrected chi connectivity index (χ4v) is 5.51. The largest absolute Gasteiger partial charge is 0.342 e. The Hall–Kier alpha value is -2.59. The van der Waals surface area contributed by atoms with Gasteiger partial charge in [0.25, 0.3) is 0 Å². The van der Waals surface area contributed by atoms with Gasteiger partial charge in [0, 0.05) is 40.1 Å². The zero-order valence-corrected chi connectivity index (χ0v) is 17.9. The van der Waals surface area contributed by atoms with Gasteiger partial charge < -0.3 is 4.57 Å². The van der Waals surface area contributed by atoms with Crippen LogP contribution < -0.4 is 5.43 Å².